The van der Waals surface area contributed by atoms with Gasteiger partial charge in [0.05, 0.1) is 12.7 Å². The van der Waals surface area contributed by atoms with Crippen LogP contribution in [-0.4, -0.2) is 18.5 Å². The summed E-state index contributed by atoms with van der Waals surface area (Å²) < 4.78 is 5.05. The Morgan fingerprint density at radius 2 is 2.09 bits per heavy atom. The Morgan fingerprint density at radius 1 is 1.55 bits per heavy atom. The number of hydrogen-bond donors (Lipinski definition) is 0. The number of carbonyl (C=O) groups is 1. The van der Waals surface area contributed by atoms with Crippen LogP contribution in [0.3, 0.4) is 0 Å². The molecule has 0 N–H and O–H groups in total. The van der Waals surface area contributed by atoms with E-state index >= 15 is 0 Å². The molecule has 0 amide bonds. The minimum Gasteiger partial charge on any atom is -0.372 e. The fourth-order valence-corrected chi connectivity index (χ4v) is 1.14. The van der Waals surface area contributed by atoms with E-state index in [0.29, 0.717) is 18.1 Å². The van der Waals surface area contributed by atoms with Gasteiger partial charge in [-0.3, -0.25) is 4.79 Å². The second-order valence-corrected chi connectivity index (χ2v) is 3.72. The van der Waals surface area contributed by atoms with E-state index in [1.165, 1.54) is 0 Å². The van der Waals surface area contributed by atoms with Crippen LogP contribution in [0.1, 0.15) is 27.2 Å². The van der Waals surface area contributed by atoms with Gasteiger partial charge >= 0.3 is 0 Å². The second-order valence-electron chi connectivity index (χ2n) is 3.72. The summed E-state index contributed by atoms with van der Waals surface area (Å²) in [5.74, 6) is 0.948. The zero-order chi connectivity index (χ0) is 8.43. The summed E-state index contributed by atoms with van der Waals surface area (Å²) >= 11 is 0. The van der Waals surface area contributed by atoms with Crippen molar-refractivity contribution in [3.05, 3.63) is 0 Å². The van der Waals surface area contributed by atoms with E-state index in [0.717, 1.165) is 6.61 Å². The lowest BCUT2D eigenvalue weighted by atomic mass is 9.96. The number of ether oxygens (including phenoxy) is 1. The highest BCUT2D eigenvalue weighted by atomic mass is 16.6. The molecule has 1 aliphatic heterocycles. The molecular weight excluding hydrogens is 140 g/mol. The lowest BCUT2D eigenvalue weighted by molar-refractivity contribution is -0.123. The third-order valence-corrected chi connectivity index (χ3v) is 2.03. The highest BCUT2D eigenvalue weighted by Crippen LogP contribution is 2.22. The van der Waals surface area contributed by atoms with Gasteiger partial charge in [0.1, 0.15) is 5.78 Å². The Hall–Kier alpha value is -0.370. The zero-order valence-corrected chi connectivity index (χ0v) is 7.46. The quantitative estimate of drug-likeness (QED) is 0.579. The van der Waals surface area contributed by atoms with E-state index in [4.69, 9.17) is 4.74 Å². The van der Waals surface area contributed by atoms with Crippen LogP contribution in [0.4, 0.5) is 0 Å². The highest BCUT2D eigenvalue weighted by Gasteiger charge is 2.33. The van der Waals surface area contributed by atoms with E-state index in [-0.39, 0.29) is 12.0 Å². The topological polar surface area (TPSA) is 29.6 Å². The maximum atomic E-state index is 11.4. The first kappa shape index (κ1) is 8.72. The zero-order valence-electron chi connectivity index (χ0n) is 7.46. The van der Waals surface area contributed by atoms with Gasteiger partial charge in [-0.25, -0.2) is 0 Å². The van der Waals surface area contributed by atoms with Gasteiger partial charge in [0.15, 0.2) is 0 Å². The Kier molecular flexibility index (Phi) is 2.66. The number of ketones is 1. The summed E-state index contributed by atoms with van der Waals surface area (Å²) in [6.45, 7) is 6.88. The molecule has 1 fully saturated rings. The fourth-order valence-electron chi connectivity index (χ4n) is 1.14. The first-order valence-electron chi connectivity index (χ1n) is 4.25. The van der Waals surface area contributed by atoms with Crippen molar-refractivity contribution in [2.45, 2.75) is 33.3 Å². The van der Waals surface area contributed by atoms with E-state index < -0.39 is 0 Å². The van der Waals surface area contributed by atoms with Crippen molar-refractivity contribution in [3.8, 4) is 0 Å². The monoisotopic (exact) mass is 156 g/mol. The average Bonchev–Trinajstić information content (AvgIpc) is 2.65. The predicted octanol–water partition coefficient (Wildman–Crippen LogP) is 1.64. The molecule has 0 aliphatic carbocycles. The van der Waals surface area contributed by atoms with Crippen molar-refractivity contribution in [3.63, 3.8) is 0 Å². The van der Waals surface area contributed by atoms with Gasteiger partial charge in [-0.05, 0) is 5.92 Å². The Bertz CT molecular complexity index is 148. The van der Waals surface area contributed by atoms with Crippen molar-refractivity contribution in [2.24, 2.45) is 11.8 Å². The molecule has 2 heteroatoms. The Morgan fingerprint density at radius 3 is 2.45 bits per heavy atom. The molecule has 0 aromatic rings. The molecule has 0 aromatic carbocycles. The minimum atomic E-state index is 0.123. The molecule has 1 rings (SSSR count). The number of rotatable bonds is 4. The molecule has 2 nitrogen and oxygen atoms in total. The van der Waals surface area contributed by atoms with Crippen molar-refractivity contribution in [2.75, 3.05) is 6.61 Å². The summed E-state index contributed by atoms with van der Waals surface area (Å²) in [5, 5.41) is 0. The summed E-state index contributed by atoms with van der Waals surface area (Å²) in [4.78, 5) is 11.4. The molecule has 1 saturated heterocycles. The lowest BCUT2D eigenvalue weighted by Gasteiger charge is -2.08. The lowest BCUT2D eigenvalue weighted by Crippen LogP contribution is -2.18. The standard InChI is InChI=1S/C9H16O2/c1-6(2)4-8(10)7(3)9-5-11-9/h6-7,9H,4-5H2,1-3H3. The van der Waals surface area contributed by atoms with Crippen LogP contribution < -0.4 is 0 Å². The molecule has 2 atom stereocenters. The van der Waals surface area contributed by atoms with Crippen LogP contribution in [0.2, 0.25) is 0 Å². The van der Waals surface area contributed by atoms with Crippen molar-refractivity contribution in [1.82, 2.24) is 0 Å². The van der Waals surface area contributed by atoms with Crippen molar-refractivity contribution < 1.29 is 9.53 Å². The normalized spacial score (nSPS) is 25.3. The van der Waals surface area contributed by atoms with E-state index in [1.807, 2.05) is 6.92 Å². The molecule has 0 spiro atoms. The SMILES string of the molecule is CC(C)CC(=O)C(C)C1CO1. The summed E-state index contributed by atoms with van der Waals surface area (Å²) in [6.07, 6.45) is 0.933. The van der Waals surface area contributed by atoms with Gasteiger partial charge in [-0.15, -0.1) is 0 Å². The van der Waals surface area contributed by atoms with Crippen LogP contribution >= 0.6 is 0 Å². The number of Topliss-reactive ketones (excluding diaryl/α,β-unsaturated/α-hetero) is 1. The molecule has 0 bridgehead atoms. The molecular formula is C9H16O2. The molecule has 0 radical (unpaired) electrons. The van der Waals surface area contributed by atoms with Crippen LogP contribution in [0.5, 0.6) is 0 Å². The van der Waals surface area contributed by atoms with E-state index in [1.54, 1.807) is 0 Å². The van der Waals surface area contributed by atoms with Gasteiger partial charge in [0, 0.05) is 12.3 Å². The Labute approximate surface area is 67.9 Å². The van der Waals surface area contributed by atoms with Gasteiger partial charge in [-0.2, -0.15) is 0 Å². The maximum absolute atomic E-state index is 11.4. The van der Waals surface area contributed by atoms with Gasteiger partial charge in [0.25, 0.3) is 0 Å². The molecule has 1 aliphatic rings. The van der Waals surface area contributed by atoms with Crippen LogP contribution in [-0.2, 0) is 9.53 Å². The van der Waals surface area contributed by atoms with Crippen LogP contribution in [0.25, 0.3) is 0 Å². The molecule has 11 heavy (non-hydrogen) atoms. The third kappa shape index (κ3) is 2.62. The smallest absolute Gasteiger partial charge is 0.138 e. The Balaban J connectivity index is 2.27. The molecule has 0 saturated carbocycles. The van der Waals surface area contributed by atoms with Gasteiger partial charge in [-0.1, -0.05) is 20.8 Å². The number of hydrogen-bond acceptors (Lipinski definition) is 2. The summed E-state index contributed by atoms with van der Waals surface area (Å²) in [6, 6.07) is 0. The van der Waals surface area contributed by atoms with Crippen molar-refractivity contribution >= 4 is 5.78 Å². The van der Waals surface area contributed by atoms with Crippen molar-refractivity contribution in [1.29, 1.82) is 0 Å². The van der Waals surface area contributed by atoms with E-state index in [2.05, 4.69) is 13.8 Å². The number of epoxide rings is 1. The molecule has 1 heterocycles. The second kappa shape index (κ2) is 3.35. The maximum Gasteiger partial charge on any atom is 0.138 e. The first-order valence-corrected chi connectivity index (χ1v) is 4.25. The largest absolute Gasteiger partial charge is 0.372 e. The number of carbonyl (C=O) groups excluding carboxylic acids is 1. The average molecular weight is 156 g/mol. The highest BCUT2D eigenvalue weighted by molar-refractivity contribution is 5.81. The minimum absolute atomic E-state index is 0.123. The van der Waals surface area contributed by atoms with Crippen LogP contribution in [0, 0.1) is 11.8 Å². The van der Waals surface area contributed by atoms with Gasteiger partial charge in [0.2, 0.25) is 0 Å². The predicted molar refractivity (Wildman–Crippen MR) is 43.4 cm³/mol. The van der Waals surface area contributed by atoms with E-state index in [9.17, 15) is 4.79 Å². The molecule has 2 unspecified atom stereocenters. The third-order valence-electron chi connectivity index (χ3n) is 2.03. The van der Waals surface area contributed by atoms with Crippen LogP contribution in [0.15, 0.2) is 0 Å². The van der Waals surface area contributed by atoms with Gasteiger partial charge < -0.3 is 4.74 Å². The molecule has 64 valence electrons. The summed E-state index contributed by atoms with van der Waals surface area (Å²) in [5.41, 5.74) is 0. The molecule has 0 aromatic heterocycles. The first-order chi connectivity index (χ1) is 5.11. The fraction of sp³-hybridized carbons (Fsp3) is 0.889. The summed E-state index contributed by atoms with van der Waals surface area (Å²) in [7, 11) is 0.